The first kappa shape index (κ1) is 16.8. The molecule has 27 heavy (non-hydrogen) atoms. The van der Waals surface area contributed by atoms with Gasteiger partial charge in [-0.3, -0.25) is 4.79 Å². The van der Waals surface area contributed by atoms with Crippen LogP contribution in [0.3, 0.4) is 0 Å². The second-order valence-electron chi connectivity index (χ2n) is 7.81. The van der Waals surface area contributed by atoms with Crippen molar-refractivity contribution >= 4 is 5.91 Å². The van der Waals surface area contributed by atoms with E-state index in [1.54, 1.807) is 7.11 Å². The van der Waals surface area contributed by atoms with Crippen LogP contribution in [0.1, 0.15) is 41.0 Å². The maximum absolute atomic E-state index is 13.5. The van der Waals surface area contributed by atoms with E-state index in [9.17, 15) is 4.79 Å². The van der Waals surface area contributed by atoms with Gasteiger partial charge in [0.2, 0.25) is 0 Å². The van der Waals surface area contributed by atoms with Gasteiger partial charge in [0.1, 0.15) is 5.75 Å². The molecule has 2 bridgehead atoms. The van der Waals surface area contributed by atoms with Crippen LogP contribution in [0.15, 0.2) is 24.3 Å². The third-order valence-electron chi connectivity index (χ3n) is 6.37. The van der Waals surface area contributed by atoms with Gasteiger partial charge in [0.25, 0.3) is 5.91 Å². The molecule has 1 aromatic heterocycles. The number of piperidine rings is 1. The van der Waals surface area contributed by atoms with Crippen molar-refractivity contribution in [2.45, 2.75) is 38.1 Å². The van der Waals surface area contributed by atoms with Crippen molar-refractivity contribution in [3.05, 3.63) is 41.2 Å². The van der Waals surface area contributed by atoms with Crippen LogP contribution in [0.4, 0.5) is 0 Å². The summed E-state index contributed by atoms with van der Waals surface area (Å²) in [5.74, 6) is 0.961. The fourth-order valence-electron chi connectivity index (χ4n) is 4.84. The Morgan fingerprint density at radius 1 is 1.07 bits per heavy atom. The molecule has 1 aromatic carbocycles. The highest BCUT2D eigenvalue weighted by Gasteiger charge is 2.36. The van der Waals surface area contributed by atoms with Crippen LogP contribution >= 0.6 is 0 Å². The van der Waals surface area contributed by atoms with E-state index in [1.807, 2.05) is 28.9 Å². The first-order valence-corrected chi connectivity index (χ1v) is 10.0. The Bertz CT molecular complexity index is 850. The van der Waals surface area contributed by atoms with Crippen LogP contribution in [0, 0.1) is 0 Å². The van der Waals surface area contributed by atoms with E-state index < -0.39 is 0 Å². The molecule has 1 amide bonds. The topological polar surface area (TPSA) is 50.6 Å². The summed E-state index contributed by atoms with van der Waals surface area (Å²) < 4.78 is 7.25. The fraction of sp³-hybridized carbons (Fsp3) is 0.524. The second kappa shape index (κ2) is 6.68. The van der Waals surface area contributed by atoms with Gasteiger partial charge in [-0.15, -0.1) is 0 Å². The van der Waals surface area contributed by atoms with Crippen molar-refractivity contribution in [3.63, 3.8) is 0 Å². The second-order valence-corrected chi connectivity index (χ2v) is 7.81. The summed E-state index contributed by atoms with van der Waals surface area (Å²) in [7, 11) is 1.67. The molecule has 2 aromatic rings. The third kappa shape index (κ3) is 2.83. The summed E-state index contributed by atoms with van der Waals surface area (Å²) >= 11 is 0. The number of ether oxygens (including phenoxy) is 1. The van der Waals surface area contributed by atoms with E-state index >= 15 is 0 Å². The van der Waals surface area contributed by atoms with Gasteiger partial charge in [0.05, 0.1) is 12.8 Å². The third-order valence-corrected chi connectivity index (χ3v) is 6.37. The van der Waals surface area contributed by atoms with Gasteiger partial charge in [0.15, 0.2) is 5.69 Å². The molecule has 1 aliphatic carbocycles. The Morgan fingerprint density at radius 3 is 2.59 bits per heavy atom. The standard InChI is InChI=1S/C21H26N4O2/c1-27-17-7-5-16(6-8-17)25-19-4-2-3-18(19)20(22-25)21(26)24-14-13-23-11-9-15(24)10-12-23/h5-8,15H,2-4,9-14H2,1H3. The molecule has 3 saturated heterocycles. The Kier molecular flexibility index (Phi) is 4.16. The minimum atomic E-state index is 0.133. The number of nitrogens with zero attached hydrogens (tertiary/aromatic N) is 4. The van der Waals surface area contributed by atoms with Gasteiger partial charge in [-0.05, 0) is 56.4 Å². The number of fused-ring (bicyclic) bond motifs is 5. The summed E-state index contributed by atoms with van der Waals surface area (Å²) in [6.45, 7) is 4.05. The Morgan fingerprint density at radius 2 is 1.85 bits per heavy atom. The molecule has 142 valence electrons. The zero-order chi connectivity index (χ0) is 18.4. The Labute approximate surface area is 159 Å². The summed E-state index contributed by atoms with van der Waals surface area (Å²) in [4.78, 5) is 18.0. The molecule has 6 rings (SSSR count). The van der Waals surface area contributed by atoms with Crippen LogP contribution in [-0.2, 0) is 12.8 Å². The number of rotatable bonds is 3. The highest BCUT2D eigenvalue weighted by Crippen LogP contribution is 2.31. The van der Waals surface area contributed by atoms with Gasteiger partial charge >= 0.3 is 0 Å². The minimum Gasteiger partial charge on any atom is -0.497 e. The average Bonchev–Trinajstić information content (AvgIpc) is 3.19. The number of methoxy groups -OCH3 is 1. The number of hydrogen-bond donors (Lipinski definition) is 0. The zero-order valence-corrected chi connectivity index (χ0v) is 15.9. The molecular weight excluding hydrogens is 340 g/mol. The van der Waals surface area contributed by atoms with Gasteiger partial charge in [-0.25, -0.2) is 4.68 Å². The van der Waals surface area contributed by atoms with Crippen LogP contribution in [0.25, 0.3) is 5.69 Å². The lowest BCUT2D eigenvalue weighted by Gasteiger charge is -2.31. The summed E-state index contributed by atoms with van der Waals surface area (Å²) in [5.41, 5.74) is 4.04. The van der Waals surface area contributed by atoms with E-state index in [4.69, 9.17) is 9.84 Å². The molecule has 0 atom stereocenters. The maximum Gasteiger partial charge on any atom is 0.274 e. The quantitative estimate of drug-likeness (QED) is 0.836. The molecule has 0 unspecified atom stereocenters. The number of carbonyl (C=O) groups is 1. The van der Waals surface area contributed by atoms with Gasteiger partial charge in [-0.1, -0.05) is 0 Å². The van der Waals surface area contributed by atoms with Crippen LogP contribution in [0.2, 0.25) is 0 Å². The van der Waals surface area contributed by atoms with Gasteiger partial charge < -0.3 is 14.5 Å². The SMILES string of the molecule is COc1ccc(-n2nc(C(=O)N3CCN4CCC3CC4)c3c2CCC3)cc1. The van der Waals surface area contributed by atoms with E-state index in [0.717, 1.165) is 75.3 Å². The van der Waals surface area contributed by atoms with Crippen LogP contribution in [-0.4, -0.2) is 64.8 Å². The van der Waals surface area contributed by atoms with Crippen molar-refractivity contribution in [1.29, 1.82) is 0 Å². The van der Waals surface area contributed by atoms with Crippen molar-refractivity contribution in [3.8, 4) is 11.4 Å². The number of benzene rings is 1. The molecule has 0 radical (unpaired) electrons. The largest absolute Gasteiger partial charge is 0.497 e. The molecule has 0 saturated carbocycles. The van der Waals surface area contributed by atoms with Gasteiger partial charge in [-0.2, -0.15) is 5.10 Å². The Balaban J connectivity index is 1.50. The number of aromatic nitrogens is 2. The molecule has 6 heteroatoms. The molecule has 6 nitrogen and oxygen atoms in total. The molecule has 4 aliphatic rings. The molecular formula is C21H26N4O2. The van der Waals surface area contributed by atoms with E-state index in [-0.39, 0.29) is 5.91 Å². The fourth-order valence-corrected chi connectivity index (χ4v) is 4.84. The number of amides is 1. The maximum atomic E-state index is 13.5. The molecule has 0 spiro atoms. The van der Waals surface area contributed by atoms with Crippen molar-refractivity contribution in [2.24, 2.45) is 0 Å². The van der Waals surface area contributed by atoms with Crippen LogP contribution in [0.5, 0.6) is 5.75 Å². The van der Waals surface area contributed by atoms with Crippen molar-refractivity contribution in [2.75, 3.05) is 33.3 Å². The normalized spacial score (nSPS) is 24.0. The predicted molar refractivity (Wildman–Crippen MR) is 103 cm³/mol. The zero-order valence-electron chi connectivity index (χ0n) is 15.9. The number of carbonyl (C=O) groups excluding carboxylic acids is 1. The van der Waals surface area contributed by atoms with E-state index in [1.165, 1.54) is 5.69 Å². The average molecular weight is 366 g/mol. The lowest BCUT2D eigenvalue weighted by molar-refractivity contribution is 0.0677. The predicted octanol–water partition coefficient (Wildman–Crippen LogP) is 2.29. The van der Waals surface area contributed by atoms with Crippen molar-refractivity contribution in [1.82, 2.24) is 19.6 Å². The summed E-state index contributed by atoms with van der Waals surface area (Å²) in [6, 6.07) is 8.29. The highest BCUT2D eigenvalue weighted by atomic mass is 16.5. The summed E-state index contributed by atoms with van der Waals surface area (Å²) in [6.07, 6.45) is 5.22. The monoisotopic (exact) mass is 366 g/mol. The first-order chi connectivity index (χ1) is 13.2. The van der Waals surface area contributed by atoms with Crippen LogP contribution < -0.4 is 4.74 Å². The molecule has 3 aliphatic heterocycles. The molecule has 4 heterocycles. The van der Waals surface area contributed by atoms with E-state index in [2.05, 4.69) is 9.80 Å². The van der Waals surface area contributed by atoms with E-state index in [0.29, 0.717) is 11.7 Å². The molecule has 0 N–H and O–H groups in total. The summed E-state index contributed by atoms with van der Waals surface area (Å²) in [5, 5.41) is 4.82. The molecule has 3 fully saturated rings. The van der Waals surface area contributed by atoms with Gasteiger partial charge in [0, 0.05) is 43.5 Å². The Hall–Kier alpha value is -2.34. The lowest BCUT2D eigenvalue weighted by Crippen LogP contribution is -2.42. The minimum absolute atomic E-state index is 0.133. The first-order valence-electron chi connectivity index (χ1n) is 10.0. The number of hydrogen-bond acceptors (Lipinski definition) is 4. The van der Waals surface area contributed by atoms with Crippen molar-refractivity contribution < 1.29 is 9.53 Å². The smallest absolute Gasteiger partial charge is 0.274 e. The highest BCUT2D eigenvalue weighted by molar-refractivity contribution is 5.94. The lowest BCUT2D eigenvalue weighted by atomic mass is 10.0.